The third kappa shape index (κ3) is 3.69. The van der Waals surface area contributed by atoms with Gasteiger partial charge in [-0.25, -0.2) is 4.98 Å². The molecule has 0 aromatic carbocycles. The van der Waals surface area contributed by atoms with Crippen LogP contribution in [0.2, 0.25) is 0 Å². The molecule has 5 nitrogen and oxygen atoms in total. The van der Waals surface area contributed by atoms with Crippen molar-refractivity contribution in [1.29, 1.82) is 0 Å². The van der Waals surface area contributed by atoms with Gasteiger partial charge >= 0.3 is 0 Å². The van der Waals surface area contributed by atoms with Gasteiger partial charge in [-0.05, 0) is 26.2 Å². The summed E-state index contributed by atoms with van der Waals surface area (Å²) in [5.74, 6) is 0.850. The summed E-state index contributed by atoms with van der Waals surface area (Å²) in [4.78, 5) is 19.6. The summed E-state index contributed by atoms with van der Waals surface area (Å²) in [5, 5.41) is 7.14. The number of thiazole rings is 1. The fourth-order valence-electron chi connectivity index (χ4n) is 3.03. The maximum absolute atomic E-state index is 12.8. The second kappa shape index (κ2) is 6.67. The molecular weight excluding hydrogens is 322 g/mol. The summed E-state index contributed by atoms with van der Waals surface area (Å²) in [6.45, 7) is 9.15. The molecular formula is C18H25N3O2S. The summed E-state index contributed by atoms with van der Waals surface area (Å²) in [6, 6.07) is 1.93. The summed E-state index contributed by atoms with van der Waals surface area (Å²) in [6.07, 6.45) is 3.48. The lowest BCUT2D eigenvalue weighted by atomic mass is 9.93. The smallest absolute Gasteiger partial charge is 0.229 e. The van der Waals surface area contributed by atoms with Crippen LogP contribution in [0.4, 0.5) is 0 Å². The first-order valence-electron chi connectivity index (χ1n) is 8.52. The van der Waals surface area contributed by atoms with E-state index in [1.54, 1.807) is 11.3 Å². The number of rotatable bonds is 3. The highest BCUT2D eigenvalue weighted by Gasteiger charge is 2.31. The van der Waals surface area contributed by atoms with Crippen LogP contribution in [0.1, 0.15) is 68.2 Å². The van der Waals surface area contributed by atoms with Gasteiger partial charge in [0, 0.05) is 23.4 Å². The van der Waals surface area contributed by atoms with Gasteiger partial charge in [-0.2, -0.15) is 0 Å². The molecule has 6 heteroatoms. The van der Waals surface area contributed by atoms with E-state index in [9.17, 15) is 4.79 Å². The summed E-state index contributed by atoms with van der Waals surface area (Å²) in [7, 11) is 0. The zero-order valence-electron chi connectivity index (χ0n) is 14.8. The SMILES string of the molecule is Cc1cc(CC(=O)N2CCCC[C@H]2c2nc(C(C)(C)C)cs2)no1. The minimum absolute atomic E-state index is 0.0382. The van der Waals surface area contributed by atoms with Gasteiger partial charge in [-0.1, -0.05) is 25.9 Å². The molecule has 2 aromatic rings. The number of carbonyl (C=O) groups is 1. The molecule has 3 rings (SSSR count). The lowest BCUT2D eigenvalue weighted by Crippen LogP contribution is -2.39. The Morgan fingerprint density at radius 3 is 2.83 bits per heavy atom. The van der Waals surface area contributed by atoms with Crippen molar-refractivity contribution in [3.8, 4) is 0 Å². The van der Waals surface area contributed by atoms with Gasteiger partial charge in [0.15, 0.2) is 0 Å². The molecule has 1 atom stereocenters. The summed E-state index contributed by atoms with van der Waals surface area (Å²) >= 11 is 1.68. The zero-order valence-corrected chi connectivity index (χ0v) is 15.7. The van der Waals surface area contributed by atoms with Crippen molar-refractivity contribution < 1.29 is 9.32 Å². The van der Waals surface area contributed by atoms with Crippen LogP contribution in [0, 0.1) is 6.92 Å². The van der Waals surface area contributed by atoms with E-state index in [-0.39, 0.29) is 17.4 Å². The molecule has 24 heavy (non-hydrogen) atoms. The standard InChI is InChI=1S/C18H25N3O2S/c1-12-9-13(20-23-12)10-16(22)21-8-6-5-7-14(21)17-19-15(11-24-17)18(2,3)4/h9,11,14H,5-8,10H2,1-4H3/t14-/m0/s1. The van der Waals surface area contributed by atoms with Crippen LogP contribution in [0.25, 0.3) is 0 Å². The molecule has 0 spiro atoms. The Morgan fingerprint density at radius 2 is 2.21 bits per heavy atom. The quantitative estimate of drug-likeness (QED) is 0.841. The highest BCUT2D eigenvalue weighted by molar-refractivity contribution is 7.09. The van der Waals surface area contributed by atoms with Gasteiger partial charge < -0.3 is 9.42 Å². The number of hydrogen-bond donors (Lipinski definition) is 0. The second-order valence-corrected chi connectivity index (χ2v) is 8.42. The van der Waals surface area contributed by atoms with E-state index in [1.807, 2.05) is 17.9 Å². The molecule has 0 radical (unpaired) electrons. The Kier molecular flexibility index (Phi) is 4.76. The Labute approximate surface area is 147 Å². The molecule has 1 saturated heterocycles. The first kappa shape index (κ1) is 17.1. The second-order valence-electron chi connectivity index (χ2n) is 7.53. The van der Waals surface area contributed by atoms with Crippen molar-refractivity contribution in [1.82, 2.24) is 15.0 Å². The van der Waals surface area contributed by atoms with Crippen LogP contribution in [-0.4, -0.2) is 27.5 Å². The highest BCUT2D eigenvalue weighted by Crippen LogP contribution is 2.35. The zero-order chi connectivity index (χ0) is 17.3. The topological polar surface area (TPSA) is 59.2 Å². The Bertz CT molecular complexity index is 714. The minimum atomic E-state index is 0.0382. The van der Waals surface area contributed by atoms with Crippen LogP contribution >= 0.6 is 11.3 Å². The molecule has 0 N–H and O–H groups in total. The van der Waals surface area contributed by atoms with Gasteiger partial charge in [-0.15, -0.1) is 11.3 Å². The first-order chi connectivity index (χ1) is 11.3. The van der Waals surface area contributed by atoms with Crippen LogP contribution in [0.5, 0.6) is 0 Å². The number of likely N-dealkylation sites (tertiary alicyclic amines) is 1. The average molecular weight is 347 g/mol. The van der Waals surface area contributed by atoms with Gasteiger partial charge in [0.2, 0.25) is 5.91 Å². The first-order valence-corrected chi connectivity index (χ1v) is 9.40. The molecule has 0 unspecified atom stereocenters. The average Bonchev–Trinajstić information content (AvgIpc) is 3.16. The summed E-state index contributed by atoms with van der Waals surface area (Å²) < 4.78 is 5.07. The fraction of sp³-hybridized carbons (Fsp3) is 0.611. The third-order valence-corrected chi connectivity index (χ3v) is 5.35. The van der Waals surface area contributed by atoms with Crippen molar-refractivity contribution in [2.75, 3.05) is 6.54 Å². The lowest BCUT2D eigenvalue weighted by molar-refractivity contribution is -0.134. The Hall–Kier alpha value is -1.69. The van der Waals surface area contributed by atoms with E-state index in [2.05, 4.69) is 31.3 Å². The van der Waals surface area contributed by atoms with Gasteiger partial charge in [0.05, 0.1) is 23.9 Å². The summed E-state index contributed by atoms with van der Waals surface area (Å²) in [5.41, 5.74) is 1.85. The minimum Gasteiger partial charge on any atom is -0.361 e. The van der Waals surface area contributed by atoms with Gasteiger partial charge in [0.1, 0.15) is 10.8 Å². The van der Waals surface area contributed by atoms with Crippen LogP contribution in [-0.2, 0) is 16.6 Å². The van der Waals surface area contributed by atoms with Crippen molar-refractivity contribution in [2.24, 2.45) is 0 Å². The van der Waals surface area contributed by atoms with E-state index in [0.717, 1.165) is 42.3 Å². The van der Waals surface area contributed by atoms with Gasteiger partial charge in [0.25, 0.3) is 0 Å². The molecule has 1 amide bonds. The van der Waals surface area contributed by atoms with Crippen LogP contribution in [0.15, 0.2) is 16.0 Å². The maximum Gasteiger partial charge on any atom is 0.229 e. The lowest BCUT2D eigenvalue weighted by Gasteiger charge is -2.34. The number of nitrogens with zero attached hydrogens (tertiary/aromatic N) is 3. The van der Waals surface area contributed by atoms with Crippen LogP contribution < -0.4 is 0 Å². The number of aromatic nitrogens is 2. The highest BCUT2D eigenvalue weighted by atomic mass is 32.1. The van der Waals surface area contributed by atoms with E-state index in [4.69, 9.17) is 9.51 Å². The van der Waals surface area contributed by atoms with E-state index in [1.165, 1.54) is 0 Å². The fourth-order valence-corrected chi connectivity index (χ4v) is 4.22. The number of amides is 1. The predicted octanol–water partition coefficient (Wildman–Crippen LogP) is 4.03. The predicted molar refractivity (Wildman–Crippen MR) is 94.1 cm³/mol. The number of piperidine rings is 1. The van der Waals surface area contributed by atoms with Crippen molar-refractivity contribution in [3.05, 3.63) is 33.6 Å². The molecule has 0 bridgehead atoms. The van der Waals surface area contributed by atoms with E-state index in [0.29, 0.717) is 12.1 Å². The molecule has 1 aliphatic rings. The monoisotopic (exact) mass is 347 g/mol. The Morgan fingerprint density at radius 1 is 1.42 bits per heavy atom. The number of hydrogen-bond acceptors (Lipinski definition) is 5. The van der Waals surface area contributed by atoms with Crippen LogP contribution in [0.3, 0.4) is 0 Å². The normalized spacial score (nSPS) is 18.8. The number of aryl methyl sites for hydroxylation is 1. The molecule has 2 aromatic heterocycles. The molecule has 3 heterocycles. The van der Waals surface area contributed by atoms with Crippen molar-refractivity contribution in [3.63, 3.8) is 0 Å². The van der Waals surface area contributed by atoms with Crippen molar-refractivity contribution in [2.45, 2.75) is 64.8 Å². The van der Waals surface area contributed by atoms with Crippen molar-refractivity contribution >= 4 is 17.2 Å². The molecule has 1 aliphatic heterocycles. The maximum atomic E-state index is 12.8. The Balaban J connectivity index is 1.78. The number of carbonyl (C=O) groups excluding carboxylic acids is 1. The van der Waals surface area contributed by atoms with E-state index >= 15 is 0 Å². The molecule has 130 valence electrons. The molecule has 0 aliphatic carbocycles. The van der Waals surface area contributed by atoms with E-state index < -0.39 is 0 Å². The molecule has 0 saturated carbocycles. The largest absolute Gasteiger partial charge is 0.361 e. The molecule has 1 fully saturated rings. The third-order valence-electron chi connectivity index (χ3n) is 4.41. The van der Waals surface area contributed by atoms with Gasteiger partial charge in [-0.3, -0.25) is 4.79 Å².